The molecule has 1 saturated heterocycles. The molecule has 0 radical (unpaired) electrons. The minimum Gasteiger partial charge on any atom is -0.494 e. The monoisotopic (exact) mass is 701 g/mol. The molecule has 52 heavy (non-hydrogen) atoms. The van der Waals surface area contributed by atoms with Gasteiger partial charge in [-0.15, -0.1) is 0 Å². The first-order valence-corrected chi connectivity index (χ1v) is 17.0. The molecule has 1 aliphatic heterocycles. The van der Waals surface area contributed by atoms with E-state index in [1.165, 1.54) is 6.08 Å². The number of nitrogens with zero attached hydrogens (tertiary/aromatic N) is 5. The number of aryl methyl sites for hydroxylation is 1. The topological polar surface area (TPSA) is 146 Å². The molecule has 1 unspecified atom stereocenters. The van der Waals surface area contributed by atoms with Gasteiger partial charge in [0.2, 0.25) is 23.7 Å². The maximum Gasteiger partial charge on any atom is 0.249 e. The van der Waals surface area contributed by atoms with Crippen LogP contribution in [0.2, 0.25) is 0 Å². The van der Waals surface area contributed by atoms with Gasteiger partial charge in [0, 0.05) is 80.8 Å². The van der Waals surface area contributed by atoms with Gasteiger partial charge >= 0.3 is 0 Å². The number of carbonyl (C=O) groups excluding carboxylic acids is 3. The second-order valence-electron chi connectivity index (χ2n) is 12.8. The Hall–Kier alpha value is -6.21. The number of hydrogen-bond acceptors (Lipinski definition) is 10. The number of fused-ring (bicyclic) bond motifs is 1. The summed E-state index contributed by atoms with van der Waals surface area (Å²) >= 11 is 0. The highest BCUT2D eigenvalue weighted by Gasteiger charge is 2.26. The number of hydrogen-bond donors (Lipinski definition) is 4. The summed E-state index contributed by atoms with van der Waals surface area (Å²) in [4.78, 5) is 49.7. The zero-order valence-electron chi connectivity index (χ0n) is 29.8. The summed E-state index contributed by atoms with van der Waals surface area (Å²) in [5.74, 6) is 0.0661. The Morgan fingerprint density at radius 3 is 2.62 bits per heavy atom. The van der Waals surface area contributed by atoms with E-state index in [0.29, 0.717) is 49.0 Å². The molecule has 0 saturated carbocycles. The van der Waals surface area contributed by atoms with Crippen LogP contribution in [0.15, 0.2) is 91.8 Å². The van der Waals surface area contributed by atoms with Crippen LogP contribution in [-0.2, 0) is 28.0 Å². The van der Waals surface area contributed by atoms with Crippen molar-refractivity contribution in [1.82, 2.24) is 24.8 Å². The van der Waals surface area contributed by atoms with Crippen molar-refractivity contribution < 1.29 is 19.1 Å². The number of nitrogens with one attached hydrogen (secondary N) is 4. The average molecular weight is 702 g/mol. The molecule has 13 nitrogen and oxygen atoms in total. The number of aromatic nitrogens is 3. The molecule has 13 heteroatoms. The molecule has 4 N–H and O–H groups in total. The van der Waals surface area contributed by atoms with E-state index in [0.717, 1.165) is 45.6 Å². The van der Waals surface area contributed by atoms with Crippen molar-refractivity contribution in [2.24, 2.45) is 7.05 Å². The van der Waals surface area contributed by atoms with Gasteiger partial charge in [0.1, 0.15) is 11.8 Å². The Kier molecular flexibility index (Phi) is 10.8. The molecule has 268 valence electrons. The summed E-state index contributed by atoms with van der Waals surface area (Å²) in [6.45, 7) is 5.70. The van der Waals surface area contributed by atoms with Crippen LogP contribution in [-0.4, -0.2) is 77.5 Å². The van der Waals surface area contributed by atoms with Gasteiger partial charge in [0.15, 0.2) is 0 Å². The number of ether oxygens (including phenoxy) is 1. The summed E-state index contributed by atoms with van der Waals surface area (Å²) in [6, 6.07) is 21.3. The summed E-state index contributed by atoms with van der Waals surface area (Å²) < 4.78 is 7.89. The fraction of sp³-hybridized carbons (Fsp3) is 0.256. The number of carbonyl (C=O) groups is 3. The third-order valence-electron chi connectivity index (χ3n) is 9.05. The quantitative estimate of drug-likeness (QED) is 0.0890. The summed E-state index contributed by atoms with van der Waals surface area (Å²) in [5.41, 5.74) is 6.73. The van der Waals surface area contributed by atoms with Gasteiger partial charge in [0.05, 0.1) is 29.9 Å². The number of imide groups is 1. The van der Waals surface area contributed by atoms with Gasteiger partial charge < -0.3 is 35.1 Å². The van der Waals surface area contributed by atoms with E-state index >= 15 is 0 Å². The van der Waals surface area contributed by atoms with Gasteiger partial charge in [0.25, 0.3) is 0 Å². The van der Waals surface area contributed by atoms with Crippen LogP contribution in [0.4, 0.5) is 28.7 Å². The van der Waals surface area contributed by atoms with E-state index < -0.39 is 6.04 Å². The molecule has 1 aliphatic rings. The third-order valence-corrected chi connectivity index (χ3v) is 9.05. The summed E-state index contributed by atoms with van der Waals surface area (Å²) in [6.07, 6.45) is 5.80. The summed E-state index contributed by atoms with van der Waals surface area (Å²) in [7, 11) is 7.62. The number of methoxy groups -OCH3 is 1. The van der Waals surface area contributed by atoms with Gasteiger partial charge in [-0.2, -0.15) is 0 Å². The normalized spacial score (nSPS) is 14.2. The molecule has 1 fully saturated rings. The Balaban J connectivity index is 1.14. The zero-order chi connectivity index (χ0) is 36.8. The van der Waals surface area contributed by atoms with E-state index in [-0.39, 0.29) is 17.7 Å². The Morgan fingerprint density at radius 1 is 1.08 bits per heavy atom. The third kappa shape index (κ3) is 8.22. The fourth-order valence-electron chi connectivity index (χ4n) is 6.24. The minimum absolute atomic E-state index is 0.233. The average Bonchev–Trinajstić information content (AvgIpc) is 3.49. The molecular weight excluding hydrogens is 658 g/mol. The van der Waals surface area contributed by atoms with Gasteiger partial charge in [-0.05, 0) is 55.4 Å². The molecule has 3 heterocycles. The van der Waals surface area contributed by atoms with E-state index in [4.69, 9.17) is 9.72 Å². The second-order valence-corrected chi connectivity index (χ2v) is 12.8. The van der Waals surface area contributed by atoms with Crippen LogP contribution < -0.4 is 30.9 Å². The van der Waals surface area contributed by atoms with E-state index in [1.807, 2.05) is 75.7 Å². The van der Waals surface area contributed by atoms with Crippen LogP contribution in [0.5, 0.6) is 5.75 Å². The predicted octanol–water partition coefficient (Wildman–Crippen LogP) is 5.30. The molecule has 0 spiro atoms. The molecule has 0 aliphatic carbocycles. The lowest BCUT2D eigenvalue weighted by molar-refractivity contribution is -0.133. The van der Waals surface area contributed by atoms with Crippen LogP contribution in [0.3, 0.4) is 0 Å². The van der Waals surface area contributed by atoms with Gasteiger partial charge in [-0.1, -0.05) is 36.9 Å². The highest BCUT2D eigenvalue weighted by molar-refractivity contribution is 6.03. The Labute approximate surface area is 302 Å². The predicted molar refractivity (Wildman–Crippen MR) is 205 cm³/mol. The number of piperidine rings is 1. The lowest BCUT2D eigenvalue weighted by Gasteiger charge is -2.27. The summed E-state index contributed by atoms with van der Waals surface area (Å²) in [5, 5.41) is 12.9. The Bertz CT molecular complexity index is 2110. The minimum atomic E-state index is -0.424. The zero-order valence-corrected chi connectivity index (χ0v) is 29.8. The first kappa shape index (κ1) is 35.6. The SMILES string of the molecule is C=CC(=O)Nc1cc(Nc2nccc(-c3cn(C)c4ccccc34)n2)c(OC)cc1N(C)CCN(C)Cc1ccc(NC2CCC(=O)NC2=O)cc1. The number of amides is 3. The number of anilines is 5. The maximum absolute atomic E-state index is 12.6. The number of para-hydroxylation sites is 1. The van der Waals surface area contributed by atoms with Crippen molar-refractivity contribution in [2.45, 2.75) is 25.4 Å². The highest BCUT2D eigenvalue weighted by atomic mass is 16.5. The second kappa shape index (κ2) is 15.8. The van der Waals surface area contributed by atoms with E-state index in [9.17, 15) is 14.4 Å². The van der Waals surface area contributed by atoms with Crippen LogP contribution in [0.25, 0.3) is 22.2 Å². The Morgan fingerprint density at radius 2 is 1.87 bits per heavy atom. The molecule has 5 aromatic rings. The molecule has 1 atom stereocenters. The van der Waals surface area contributed by atoms with E-state index in [2.05, 4.69) is 65.5 Å². The van der Waals surface area contributed by atoms with Crippen molar-refractivity contribution in [3.05, 3.63) is 97.3 Å². The first-order chi connectivity index (χ1) is 25.1. The first-order valence-electron chi connectivity index (χ1n) is 17.0. The van der Waals surface area contributed by atoms with Crippen molar-refractivity contribution in [2.75, 3.05) is 55.1 Å². The molecule has 6 rings (SSSR count). The van der Waals surface area contributed by atoms with Crippen LogP contribution in [0, 0.1) is 0 Å². The molecule has 3 amide bonds. The highest BCUT2D eigenvalue weighted by Crippen LogP contribution is 2.38. The number of rotatable bonds is 14. The number of likely N-dealkylation sites (N-methyl/N-ethyl adjacent to an activating group) is 2. The lowest BCUT2D eigenvalue weighted by atomic mass is 10.1. The van der Waals surface area contributed by atoms with Crippen LogP contribution in [0.1, 0.15) is 18.4 Å². The number of benzene rings is 3. The fourth-order valence-corrected chi connectivity index (χ4v) is 6.24. The van der Waals surface area contributed by atoms with Crippen molar-refractivity contribution in [3.8, 4) is 17.0 Å². The molecular formula is C39H43N9O4. The van der Waals surface area contributed by atoms with Crippen molar-refractivity contribution in [1.29, 1.82) is 0 Å². The standard InChI is InChI=1S/C39H43N9O4/c1-6-36(49)42-31-21-32(44-39-40-18-17-29(43-39)28-24-48(4)33-10-8-7-9-27(28)33)35(52-5)22-34(31)47(3)20-19-46(2)23-25-11-13-26(14-12-25)41-30-15-16-37(50)45-38(30)51/h6-14,17-18,21-22,24,30,41H,1,15-16,19-20,23H2,2-5H3,(H,42,49)(H,40,43,44)(H,45,50,51). The lowest BCUT2D eigenvalue weighted by Crippen LogP contribution is -2.47. The van der Waals surface area contributed by atoms with Crippen molar-refractivity contribution >= 4 is 57.3 Å². The van der Waals surface area contributed by atoms with Gasteiger partial charge in [-0.25, -0.2) is 9.97 Å². The van der Waals surface area contributed by atoms with Crippen LogP contribution >= 0.6 is 0 Å². The molecule has 0 bridgehead atoms. The molecule has 3 aromatic carbocycles. The van der Waals surface area contributed by atoms with E-state index in [1.54, 1.807) is 13.3 Å². The largest absolute Gasteiger partial charge is 0.494 e. The van der Waals surface area contributed by atoms with Crippen molar-refractivity contribution in [3.63, 3.8) is 0 Å². The maximum atomic E-state index is 12.6. The smallest absolute Gasteiger partial charge is 0.249 e. The molecule has 2 aromatic heterocycles. The van der Waals surface area contributed by atoms with Gasteiger partial charge in [-0.3, -0.25) is 19.7 Å².